The Kier molecular flexibility index (Phi) is 7.36. The smallest absolute Gasteiger partial charge is 0.387 e. The molecule has 7 heteroatoms. The quantitative estimate of drug-likeness (QED) is 0.742. The van der Waals surface area contributed by atoms with Gasteiger partial charge in [-0.15, -0.1) is 0 Å². The molecule has 0 aromatic heterocycles. The van der Waals surface area contributed by atoms with Gasteiger partial charge in [0, 0.05) is 17.6 Å². The summed E-state index contributed by atoms with van der Waals surface area (Å²) < 4.78 is 28.5. The molecule has 0 spiro atoms. The molecule has 0 saturated heterocycles. The third kappa shape index (κ3) is 5.97. The number of hydrogen-bond acceptors (Lipinski definition) is 3. The minimum Gasteiger partial charge on any atom is -0.435 e. The van der Waals surface area contributed by atoms with Crippen LogP contribution in [0.3, 0.4) is 0 Å². The molecule has 4 nitrogen and oxygen atoms in total. The average molecular weight is 383 g/mol. The van der Waals surface area contributed by atoms with Gasteiger partial charge in [-0.05, 0) is 43.3 Å². The van der Waals surface area contributed by atoms with Crippen LogP contribution in [0.15, 0.2) is 48.5 Å². The highest BCUT2D eigenvalue weighted by Crippen LogP contribution is 2.25. The van der Waals surface area contributed by atoms with Crippen LogP contribution >= 0.6 is 11.6 Å². The number of halogens is 3. The van der Waals surface area contributed by atoms with Crippen LogP contribution in [0.2, 0.25) is 5.02 Å². The zero-order valence-electron chi connectivity index (χ0n) is 14.6. The number of hydrogen-bond donors (Lipinski definition) is 1. The van der Waals surface area contributed by atoms with Crippen molar-refractivity contribution in [1.82, 2.24) is 10.2 Å². The molecule has 0 aliphatic carbocycles. The monoisotopic (exact) mass is 382 g/mol. The van der Waals surface area contributed by atoms with Gasteiger partial charge in [-0.3, -0.25) is 9.69 Å². The van der Waals surface area contributed by atoms with Crippen molar-refractivity contribution in [2.75, 3.05) is 13.6 Å². The Labute approximate surface area is 156 Å². The number of amides is 1. The third-order valence-corrected chi connectivity index (χ3v) is 4.39. The summed E-state index contributed by atoms with van der Waals surface area (Å²) >= 11 is 6.20. The summed E-state index contributed by atoms with van der Waals surface area (Å²) in [7, 11) is 1.85. The van der Waals surface area contributed by atoms with E-state index in [0.717, 1.165) is 11.1 Å². The number of carbonyl (C=O) groups excluding carboxylic acids is 1. The molecule has 1 amide bonds. The van der Waals surface area contributed by atoms with Crippen LogP contribution in [0, 0.1) is 0 Å². The minimum absolute atomic E-state index is 0.0137. The van der Waals surface area contributed by atoms with Crippen molar-refractivity contribution in [3.05, 3.63) is 64.7 Å². The van der Waals surface area contributed by atoms with Gasteiger partial charge in [0.1, 0.15) is 5.75 Å². The van der Waals surface area contributed by atoms with E-state index in [4.69, 9.17) is 11.6 Å². The van der Waals surface area contributed by atoms with Gasteiger partial charge in [0.2, 0.25) is 5.91 Å². The number of likely N-dealkylation sites (N-methyl/N-ethyl adjacent to an activating group) is 1. The molecule has 0 bridgehead atoms. The van der Waals surface area contributed by atoms with Crippen molar-refractivity contribution in [3.8, 4) is 5.75 Å². The van der Waals surface area contributed by atoms with E-state index in [0.29, 0.717) is 11.6 Å². The number of nitrogens with zero attached hydrogens (tertiary/aromatic N) is 1. The molecule has 0 fully saturated rings. The van der Waals surface area contributed by atoms with Crippen molar-refractivity contribution in [2.45, 2.75) is 26.1 Å². The fourth-order valence-electron chi connectivity index (χ4n) is 2.46. The largest absolute Gasteiger partial charge is 0.435 e. The van der Waals surface area contributed by atoms with Gasteiger partial charge in [-0.2, -0.15) is 8.78 Å². The summed E-state index contributed by atoms with van der Waals surface area (Å²) in [6.07, 6.45) is 0. The second kappa shape index (κ2) is 9.50. The standard InChI is InChI=1S/C19H21ClF2N2O2/c1-13(16-5-3-4-6-17(16)20)24(2)12-18(25)23-11-14-7-9-15(10-8-14)26-19(21)22/h3-10,13,19H,11-12H2,1-2H3,(H,23,25). The summed E-state index contributed by atoms with van der Waals surface area (Å²) in [6, 6.07) is 13.7. The van der Waals surface area contributed by atoms with Crippen LogP contribution < -0.4 is 10.1 Å². The van der Waals surface area contributed by atoms with E-state index in [1.54, 1.807) is 12.1 Å². The van der Waals surface area contributed by atoms with Crippen LogP contribution in [0.25, 0.3) is 0 Å². The number of rotatable bonds is 8. The molecular weight excluding hydrogens is 362 g/mol. The van der Waals surface area contributed by atoms with Crippen molar-refractivity contribution < 1.29 is 18.3 Å². The first-order valence-electron chi connectivity index (χ1n) is 8.12. The Bertz CT molecular complexity index is 726. The van der Waals surface area contributed by atoms with Gasteiger partial charge in [-0.1, -0.05) is 41.9 Å². The van der Waals surface area contributed by atoms with Crippen molar-refractivity contribution in [2.24, 2.45) is 0 Å². The maximum Gasteiger partial charge on any atom is 0.387 e. The first-order valence-corrected chi connectivity index (χ1v) is 8.49. The van der Waals surface area contributed by atoms with Gasteiger partial charge in [-0.25, -0.2) is 0 Å². The van der Waals surface area contributed by atoms with Crippen LogP contribution in [-0.2, 0) is 11.3 Å². The van der Waals surface area contributed by atoms with Crippen LogP contribution in [0.5, 0.6) is 5.75 Å². The number of ether oxygens (including phenoxy) is 1. The predicted molar refractivity (Wildman–Crippen MR) is 97.4 cm³/mol. The second-order valence-electron chi connectivity index (χ2n) is 5.91. The summed E-state index contributed by atoms with van der Waals surface area (Å²) in [4.78, 5) is 14.0. The molecule has 0 aliphatic rings. The molecule has 2 aromatic carbocycles. The summed E-state index contributed by atoms with van der Waals surface area (Å²) in [5, 5.41) is 3.47. The molecule has 0 aliphatic heterocycles. The Hall–Kier alpha value is -2.18. The Balaban J connectivity index is 1.83. The van der Waals surface area contributed by atoms with E-state index < -0.39 is 6.61 Å². The molecular formula is C19H21ClF2N2O2. The van der Waals surface area contributed by atoms with Gasteiger partial charge >= 0.3 is 6.61 Å². The van der Waals surface area contributed by atoms with Gasteiger partial charge < -0.3 is 10.1 Å². The van der Waals surface area contributed by atoms with E-state index in [1.165, 1.54) is 12.1 Å². The third-order valence-electron chi connectivity index (χ3n) is 4.05. The summed E-state index contributed by atoms with van der Waals surface area (Å²) in [5.74, 6) is -0.0531. The Morgan fingerprint density at radius 1 is 1.19 bits per heavy atom. The normalized spacial score (nSPS) is 12.3. The highest BCUT2D eigenvalue weighted by atomic mass is 35.5. The van der Waals surface area contributed by atoms with Gasteiger partial charge in [0.05, 0.1) is 6.54 Å². The van der Waals surface area contributed by atoms with E-state index in [-0.39, 0.29) is 24.2 Å². The van der Waals surface area contributed by atoms with Crippen LogP contribution in [0.1, 0.15) is 24.1 Å². The lowest BCUT2D eigenvalue weighted by Gasteiger charge is -2.25. The zero-order chi connectivity index (χ0) is 19.1. The van der Waals surface area contributed by atoms with E-state index in [9.17, 15) is 13.6 Å². The highest BCUT2D eigenvalue weighted by molar-refractivity contribution is 6.31. The number of carbonyl (C=O) groups is 1. The van der Waals surface area contributed by atoms with Crippen molar-refractivity contribution in [1.29, 1.82) is 0 Å². The van der Waals surface area contributed by atoms with E-state index in [1.807, 2.05) is 43.1 Å². The van der Waals surface area contributed by atoms with Gasteiger partial charge in [0.25, 0.3) is 0 Å². The lowest BCUT2D eigenvalue weighted by Crippen LogP contribution is -2.36. The Morgan fingerprint density at radius 2 is 1.85 bits per heavy atom. The minimum atomic E-state index is -2.85. The van der Waals surface area contributed by atoms with Crippen LogP contribution in [-0.4, -0.2) is 31.0 Å². The number of alkyl halides is 2. The maximum atomic E-state index is 12.2. The molecule has 26 heavy (non-hydrogen) atoms. The Morgan fingerprint density at radius 3 is 2.46 bits per heavy atom. The zero-order valence-corrected chi connectivity index (χ0v) is 15.3. The lowest BCUT2D eigenvalue weighted by atomic mass is 10.1. The first kappa shape index (κ1) is 20.1. The number of nitrogens with one attached hydrogen (secondary N) is 1. The molecule has 2 aromatic rings. The molecule has 1 atom stereocenters. The van der Waals surface area contributed by atoms with Crippen molar-refractivity contribution >= 4 is 17.5 Å². The van der Waals surface area contributed by atoms with Gasteiger partial charge in [0.15, 0.2) is 0 Å². The SMILES string of the molecule is CC(c1ccccc1Cl)N(C)CC(=O)NCc1ccc(OC(F)F)cc1. The molecule has 140 valence electrons. The van der Waals surface area contributed by atoms with Crippen molar-refractivity contribution in [3.63, 3.8) is 0 Å². The fourth-order valence-corrected chi connectivity index (χ4v) is 2.75. The fraction of sp³-hybridized carbons (Fsp3) is 0.316. The molecule has 0 heterocycles. The molecule has 1 unspecified atom stereocenters. The second-order valence-corrected chi connectivity index (χ2v) is 6.32. The average Bonchev–Trinajstić information content (AvgIpc) is 2.60. The lowest BCUT2D eigenvalue weighted by molar-refractivity contribution is -0.122. The topological polar surface area (TPSA) is 41.6 Å². The molecule has 2 rings (SSSR count). The molecule has 1 N–H and O–H groups in total. The van der Waals surface area contributed by atoms with E-state index >= 15 is 0 Å². The number of benzene rings is 2. The highest BCUT2D eigenvalue weighted by Gasteiger charge is 2.16. The maximum absolute atomic E-state index is 12.2. The molecule has 0 radical (unpaired) electrons. The first-order chi connectivity index (χ1) is 12.4. The van der Waals surface area contributed by atoms with Crippen LogP contribution in [0.4, 0.5) is 8.78 Å². The molecule has 0 saturated carbocycles. The summed E-state index contributed by atoms with van der Waals surface area (Å²) in [6.45, 7) is -0.353. The van der Waals surface area contributed by atoms with E-state index in [2.05, 4.69) is 10.1 Å². The summed E-state index contributed by atoms with van der Waals surface area (Å²) in [5.41, 5.74) is 1.75. The predicted octanol–water partition coefficient (Wildman–Crippen LogP) is 4.25.